The molecule has 6 N–H and O–H groups in total. The van der Waals surface area contributed by atoms with Gasteiger partial charge in [-0.1, -0.05) is 56.4 Å². The minimum absolute atomic E-state index is 0.0415. The molecule has 0 heterocycles. The lowest BCUT2D eigenvalue weighted by Gasteiger charge is -2.45. The molecule has 0 saturated heterocycles. The fourth-order valence-electron chi connectivity index (χ4n) is 5.04. The summed E-state index contributed by atoms with van der Waals surface area (Å²) in [5.74, 6) is -0.267. The second kappa shape index (κ2) is 10.8. The van der Waals surface area contributed by atoms with Gasteiger partial charge in [-0.15, -0.1) is 0 Å². The maximum absolute atomic E-state index is 11.8. The first kappa shape index (κ1) is 23.3. The molecular weight excluding hydrogens is 379 g/mol. The number of hydrogen-bond donors (Lipinski definition) is 5. The lowest BCUT2D eigenvalue weighted by atomic mass is 9.66. The normalized spacial score (nSPS) is 24.1. The van der Waals surface area contributed by atoms with E-state index in [1.165, 1.54) is 43.2 Å². The van der Waals surface area contributed by atoms with Crippen molar-refractivity contribution in [3.05, 3.63) is 35.4 Å². The van der Waals surface area contributed by atoms with Gasteiger partial charge in [0.05, 0.1) is 0 Å². The molecule has 2 fully saturated rings. The van der Waals surface area contributed by atoms with Crippen LogP contribution in [0.4, 0.5) is 0 Å². The molecule has 2 aliphatic rings. The van der Waals surface area contributed by atoms with E-state index >= 15 is 0 Å². The van der Waals surface area contributed by atoms with Crippen LogP contribution in [0.2, 0.25) is 6.32 Å². The molecule has 166 valence electrons. The van der Waals surface area contributed by atoms with Crippen LogP contribution in [0.3, 0.4) is 0 Å². The second-order valence-electron chi connectivity index (χ2n) is 9.39. The number of carbonyl (C=O) groups is 1. The molecule has 1 aromatic carbocycles. The van der Waals surface area contributed by atoms with Gasteiger partial charge in [-0.05, 0) is 61.4 Å². The second-order valence-corrected chi connectivity index (χ2v) is 9.39. The Bertz CT molecular complexity index is 672. The Morgan fingerprint density at radius 1 is 1.10 bits per heavy atom. The number of carboxylic acid groups (broad SMARTS) is 1. The molecular formula is C23H37BN2O4. The first-order valence-electron chi connectivity index (χ1n) is 11.6. The average Bonchev–Trinajstić information content (AvgIpc) is 2.71. The predicted octanol–water partition coefficient (Wildman–Crippen LogP) is 3.03. The van der Waals surface area contributed by atoms with Crippen molar-refractivity contribution in [3.63, 3.8) is 0 Å². The predicted molar refractivity (Wildman–Crippen MR) is 119 cm³/mol. The SMILES string of the molecule is NC(CCCCB(O)O)(C(=O)O)[C@H]1C[C@@H](NCc2ccc(C3CCCCC3)cc2)C1. The van der Waals surface area contributed by atoms with Gasteiger partial charge in [0.25, 0.3) is 0 Å². The highest BCUT2D eigenvalue weighted by molar-refractivity contribution is 6.40. The van der Waals surface area contributed by atoms with E-state index in [0.29, 0.717) is 25.3 Å². The van der Waals surface area contributed by atoms with Gasteiger partial charge >= 0.3 is 13.1 Å². The van der Waals surface area contributed by atoms with Crippen LogP contribution in [0.1, 0.15) is 81.3 Å². The molecule has 1 atom stereocenters. The van der Waals surface area contributed by atoms with Gasteiger partial charge in [0.1, 0.15) is 5.54 Å². The third kappa shape index (κ3) is 6.07. The summed E-state index contributed by atoms with van der Waals surface area (Å²) < 4.78 is 0. The Kier molecular flexibility index (Phi) is 8.34. The highest BCUT2D eigenvalue weighted by atomic mass is 16.4. The van der Waals surface area contributed by atoms with Crippen molar-refractivity contribution >= 4 is 13.1 Å². The van der Waals surface area contributed by atoms with Crippen LogP contribution in [0.15, 0.2) is 24.3 Å². The largest absolute Gasteiger partial charge is 0.480 e. The van der Waals surface area contributed by atoms with Crippen molar-refractivity contribution in [1.82, 2.24) is 5.32 Å². The number of nitrogens with two attached hydrogens (primary N) is 1. The number of rotatable bonds is 11. The molecule has 1 unspecified atom stereocenters. The first-order chi connectivity index (χ1) is 14.4. The number of unbranched alkanes of at least 4 members (excludes halogenated alkanes) is 1. The molecule has 0 aliphatic heterocycles. The monoisotopic (exact) mass is 416 g/mol. The minimum Gasteiger partial charge on any atom is -0.480 e. The van der Waals surface area contributed by atoms with Gasteiger partial charge in [-0.3, -0.25) is 4.79 Å². The molecule has 6 nitrogen and oxygen atoms in total. The van der Waals surface area contributed by atoms with Crippen LogP contribution >= 0.6 is 0 Å². The molecule has 0 radical (unpaired) electrons. The molecule has 1 aromatic rings. The Labute approximate surface area is 180 Å². The van der Waals surface area contributed by atoms with Gasteiger partial charge in [-0.2, -0.15) is 0 Å². The van der Waals surface area contributed by atoms with Crippen molar-refractivity contribution in [2.45, 2.75) is 94.6 Å². The van der Waals surface area contributed by atoms with E-state index in [2.05, 4.69) is 29.6 Å². The lowest BCUT2D eigenvalue weighted by molar-refractivity contribution is -0.148. The van der Waals surface area contributed by atoms with Crippen molar-refractivity contribution in [2.24, 2.45) is 11.7 Å². The first-order valence-corrected chi connectivity index (χ1v) is 11.6. The van der Waals surface area contributed by atoms with E-state index in [-0.39, 0.29) is 12.2 Å². The highest BCUT2D eigenvalue weighted by Crippen LogP contribution is 2.38. The Balaban J connectivity index is 1.41. The third-order valence-corrected chi connectivity index (χ3v) is 7.22. The van der Waals surface area contributed by atoms with Gasteiger partial charge in [0.2, 0.25) is 0 Å². The average molecular weight is 416 g/mol. The Hall–Kier alpha value is -1.41. The Morgan fingerprint density at radius 3 is 2.37 bits per heavy atom. The minimum atomic E-state index is -1.34. The summed E-state index contributed by atoms with van der Waals surface area (Å²) in [5.41, 5.74) is 7.77. The van der Waals surface area contributed by atoms with E-state index in [1.807, 2.05) is 0 Å². The van der Waals surface area contributed by atoms with Gasteiger partial charge in [-0.25, -0.2) is 0 Å². The molecule has 0 amide bonds. The maximum atomic E-state index is 11.8. The summed E-state index contributed by atoms with van der Waals surface area (Å²) in [6.07, 6.45) is 10.0. The maximum Gasteiger partial charge on any atom is 0.451 e. The summed E-state index contributed by atoms with van der Waals surface area (Å²) >= 11 is 0. The highest BCUT2D eigenvalue weighted by Gasteiger charge is 2.48. The third-order valence-electron chi connectivity index (χ3n) is 7.22. The summed E-state index contributed by atoms with van der Waals surface area (Å²) in [6.45, 7) is 0.793. The van der Waals surface area contributed by atoms with Crippen LogP contribution in [0, 0.1) is 5.92 Å². The summed E-state index contributed by atoms with van der Waals surface area (Å²) in [4.78, 5) is 11.8. The van der Waals surface area contributed by atoms with Crippen molar-refractivity contribution in [1.29, 1.82) is 0 Å². The van der Waals surface area contributed by atoms with E-state index in [4.69, 9.17) is 15.8 Å². The van der Waals surface area contributed by atoms with E-state index in [9.17, 15) is 9.90 Å². The summed E-state index contributed by atoms with van der Waals surface area (Å²) in [6, 6.07) is 9.28. The molecule has 3 rings (SSSR count). The van der Waals surface area contributed by atoms with Crippen LogP contribution < -0.4 is 11.1 Å². The van der Waals surface area contributed by atoms with Crippen LogP contribution in [-0.2, 0) is 11.3 Å². The molecule has 0 bridgehead atoms. The molecule has 0 aromatic heterocycles. The molecule has 7 heteroatoms. The van der Waals surface area contributed by atoms with Crippen molar-refractivity contribution in [3.8, 4) is 0 Å². The Morgan fingerprint density at radius 2 is 1.77 bits per heavy atom. The van der Waals surface area contributed by atoms with Gasteiger partial charge in [0, 0.05) is 12.6 Å². The fraction of sp³-hybridized carbons (Fsp3) is 0.696. The number of nitrogens with one attached hydrogen (secondary N) is 1. The zero-order valence-corrected chi connectivity index (χ0v) is 17.9. The number of hydrogen-bond acceptors (Lipinski definition) is 5. The number of carboxylic acids is 1. The molecule has 0 spiro atoms. The van der Waals surface area contributed by atoms with Crippen LogP contribution in [-0.4, -0.2) is 39.8 Å². The van der Waals surface area contributed by atoms with E-state index in [1.54, 1.807) is 0 Å². The van der Waals surface area contributed by atoms with Gasteiger partial charge < -0.3 is 26.2 Å². The molecule has 30 heavy (non-hydrogen) atoms. The van der Waals surface area contributed by atoms with Gasteiger partial charge in [0.15, 0.2) is 0 Å². The number of benzene rings is 1. The molecule has 2 saturated carbocycles. The zero-order valence-electron chi connectivity index (χ0n) is 17.9. The number of aliphatic carboxylic acids is 1. The van der Waals surface area contributed by atoms with Crippen LogP contribution in [0.25, 0.3) is 0 Å². The standard InChI is InChI=1S/C23H37BN2O4/c25-23(22(27)28,12-4-5-13-24(29)30)20-14-21(15-20)26-16-17-8-10-19(11-9-17)18-6-2-1-3-7-18/h8-11,18,20-21,26,29-30H,1-7,12-16,25H2,(H,27,28)/t20-,21+,23?. The summed E-state index contributed by atoms with van der Waals surface area (Å²) in [5, 5.41) is 31.1. The van der Waals surface area contributed by atoms with E-state index in [0.717, 1.165) is 25.3 Å². The van der Waals surface area contributed by atoms with Crippen molar-refractivity contribution in [2.75, 3.05) is 0 Å². The quantitative estimate of drug-likeness (QED) is 0.280. The van der Waals surface area contributed by atoms with E-state index < -0.39 is 18.6 Å². The summed E-state index contributed by atoms with van der Waals surface area (Å²) in [7, 11) is -1.34. The van der Waals surface area contributed by atoms with Crippen molar-refractivity contribution < 1.29 is 19.9 Å². The van der Waals surface area contributed by atoms with Crippen LogP contribution in [0.5, 0.6) is 0 Å². The lowest BCUT2D eigenvalue weighted by Crippen LogP contribution is -2.61. The zero-order chi connectivity index (χ0) is 21.6. The fourth-order valence-corrected chi connectivity index (χ4v) is 5.04. The smallest absolute Gasteiger partial charge is 0.451 e. The topological polar surface area (TPSA) is 116 Å². The molecule has 2 aliphatic carbocycles.